The molecule has 0 fully saturated rings. The predicted molar refractivity (Wildman–Crippen MR) is 104 cm³/mol. The standard InChI is InChI=1S/C20H22N2O3S/c1-14-5-7-18-15(12-14)4-3-10-21(18)20(23)17-6-8-19-16(13-17)9-11-22(19)26(2,24)25/h5-8,12-13H,3-4,9-11H2,1-2H3. The molecule has 4 rings (SSSR count). The van der Waals surface area contributed by atoms with Gasteiger partial charge in [-0.1, -0.05) is 17.7 Å². The summed E-state index contributed by atoms with van der Waals surface area (Å²) in [5.74, 6) is -0.0181. The summed E-state index contributed by atoms with van der Waals surface area (Å²) in [5.41, 5.74) is 5.64. The lowest BCUT2D eigenvalue weighted by Gasteiger charge is -2.30. The van der Waals surface area contributed by atoms with Crippen molar-refractivity contribution >= 4 is 27.3 Å². The van der Waals surface area contributed by atoms with Gasteiger partial charge in [0.1, 0.15) is 0 Å². The van der Waals surface area contributed by atoms with E-state index in [1.165, 1.54) is 21.7 Å². The highest BCUT2D eigenvalue weighted by molar-refractivity contribution is 7.92. The van der Waals surface area contributed by atoms with E-state index >= 15 is 0 Å². The summed E-state index contributed by atoms with van der Waals surface area (Å²) >= 11 is 0. The zero-order valence-electron chi connectivity index (χ0n) is 15.0. The normalized spacial score (nSPS) is 16.4. The Bertz CT molecular complexity index is 998. The second kappa shape index (κ2) is 6.13. The Hall–Kier alpha value is -2.34. The lowest BCUT2D eigenvalue weighted by molar-refractivity contribution is 0.0985. The molecule has 2 aliphatic heterocycles. The molecule has 2 heterocycles. The Labute approximate surface area is 154 Å². The summed E-state index contributed by atoms with van der Waals surface area (Å²) in [4.78, 5) is 15.0. The molecule has 0 aliphatic carbocycles. The summed E-state index contributed by atoms with van der Waals surface area (Å²) in [6, 6.07) is 11.6. The van der Waals surface area contributed by atoms with Crippen LogP contribution in [-0.2, 0) is 22.9 Å². The number of rotatable bonds is 2. The molecule has 1 amide bonds. The number of amides is 1. The van der Waals surface area contributed by atoms with Gasteiger partial charge in [0.2, 0.25) is 10.0 Å². The van der Waals surface area contributed by atoms with E-state index in [2.05, 4.69) is 13.0 Å². The van der Waals surface area contributed by atoms with Crippen molar-refractivity contribution in [2.75, 3.05) is 28.6 Å². The Morgan fingerprint density at radius 2 is 1.69 bits per heavy atom. The number of fused-ring (bicyclic) bond motifs is 2. The number of anilines is 2. The van der Waals surface area contributed by atoms with E-state index in [0.29, 0.717) is 30.8 Å². The minimum absolute atomic E-state index is 0.0181. The molecule has 0 N–H and O–H groups in total. The van der Waals surface area contributed by atoms with Gasteiger partial charge in [-0.2, -0.15) is 0 Å². The van der Waals surface area contributed by atoms with Gasteiger partial charge >= 0.3 is 0 Å². The molecule has 6 heteroatoms. The smallest absolute Gasteiger partial charge is 0.258 e. The van der Waals surface area contributed by atoms with E-state index in [4.69, 9.17) is 0 Å². The highest BCUT2D eigenvalue weighted by Crippen LogP contribution is 2.33. The van der Waals surface area contributed by atoms with Crippen molar-refractivity contribution in [3.05, 3.63) is 58.7 Å². The molecule has 0 unspecified atom stereocenters. The van der Waals surface area contributed by atoms with Crippen molar-refractivity contribution < 1.29 is 13.2 Å². The molecule has 0 saturated heterocycles. The van der Waals surface area contributed by atoms with Gasteiger partial charge in [-0.3, -0.25) is 9.10 Å². The molecule has 0 bridgehead atoms. The van der Waals surface area contributed by atoms with E-state index in [1.807, 2.05) is 23.1 Å². The molecule has 0 aromatic heterocycles. The van der Waals surface area contributed by atoms with Gasteiger partial charge in [0.05, 0.1) is 11.9 Å². The third-order valence-electron chi connectivity index (χ3n) is 5.18. The lowest BCUT2D eigenvalue weighted by atomic mass is 9.98. The minimum atomic E-state index is -3.28. The van der Waals surface area contributed by atoms with Crippen molar-refractivity contribution in [3.63, 3.8) is 0 Å². The molecule has 0 saturated carbocycles. The number of carbonyl (C=O) groups is 1. The first-order valence-electron chi connectivity index (χ1n) is 8.86. The minimum Gasteiger partial charge on any atom is -0.308 e. The topological polar surface area (TPSA) is 57.7 Å². The number of nitrogens with zero attached hydrogens (tertiary/aromatic N) is 2. The average molecular weight is 370 g/mol. The monoisotopic (exact) mass is 370 g/mol. The van der Waals surface area contributed by atoms with E-state index in [-0.39, 0.29) is 5.91 Å². The third-order valence-corrected chi connectivity index (χ3v) is 6.36. The average Bonchev–Trinajstić information content (AvgIpc) is 3.03. The molecule has 26 heavy (non-hydrogen) atoms. The highest BCUT2D eigenvalue weighted by Gasteiger charge is 2.28. The molecule has 2 aromatic carbocycles. The quantitative estimate of drug-likeness (QED) is 0.817. The first-order valence-corrected chi connectivity index (χ1v) is 10.7. The van der Waals surface area contributed by atoms with Crippen LogP contribution >= 0.6 is 0 Å². The lowest BCUT2D eigenvalue weighted by Crippen LogP contribution is -2.35. The Morgan fingerprint density at radius 1 is 0.962 bits per heavy atom. The molecule has 5 nitrogen and oxygen atoms in total. The van der Waals surface area contributed by atoms with Gasteiger partial charge in [0.25, 0.3) is 5.91 Å². The van der Waals surface area contributed by atoms with E-state index in [0.717, 1.165) is 24.1 Å². The van der Waals surface area contributed by atoms with Crippen molar-refractivity contribution in [2.45, 2.75) is 26.2 Å². The number of carbonyl (C=O) groups excluding carboxylic acids is 1. The molecule has 0 radical (unpaired) electrons. The fourth-order valence-electron chi connectivity index (χ4n) is 3.94. The molecule has 0 atom stereocenters. The zero-order chi connectivity index (χ0) is 18.5. The number of aryl methyl sites for hydroxylation is 2. The molecule has 2 aromatic rings. The van der Waals surface area contributed by atoms with Crippen LogP contribution in [-0.4, -0.2) is 33.7 Å². The summed E-state index contributed by atoms with van der Waals surface area (Å²) in [5, 5.41) is 0. The zero-order valence-corrected chi connectivity index (χ0v) is 15.8. The van der Waals surface area contributed by atoms with Gasteiger partial charge < -0.3 is 4.90 Å². The van der Waals surface area contributed by atoms with Crippen LogP contribution in [0.15, 0.2) is 36.4 Å². The number of sulfonamides is 1. The second-order valence-corrected chi connectivity index (χ2v) is 9.03. The van der Waals surface area contributed by atoms with Gasteiger partial charge in [-0.15, -0.1) is 0 Å². The third kappa shape index (κ3) is 2.88. The Morgan fingerprint density at radius 3 is 2.46 bits per heavy atom. The largest absolute Gasteiger partial charge is 0.308 e. The van der Waals surface area contributed by atoms with Crippen LogP contribution in [0.25, 0.3) is 0 Å². The van der Waals surface area contributed by atoms with Crippen LogP contribution in [0.3, 0.4) is 0 Å². The Kier molecular flexibility index (Phi) is 4.03. The fourth-order valence-corrected chi connectivity index (χ4v) is 4.90. The maximum absolute atomic E-state index is 13.1. The number of benzene rings is 2. The van der Waals surface area contributed by atoms with Crippen LogP contribution in [0.2, 0.25) is 0 Å². The molecular weight excluding hydrogens is 348 g/mol. The summed E-state index contributed by atoms with van der Waals surface area (Å²) in [7, 11) is -3.28. The van der Waals surface area contributed by atoms with E-state index < -0.39 is 10.0 Å². The van der Waals surface area contributed by atoms with Crippen LogP contribution < -0.4 is 9.21 Å². The first kappa shape index (κ1) is 17.1. The highest BCUT2D eigenvalue weighted by atomic mass is 32.2. The summed E-state index contributed by atoms with van der Waals surface area (Å²) < 4.78 is 25.2. The number of hydrogen-bond acceptors (Lipinski definition) is 3. The fraction of sp³-hybridized carbons (Fsp3) is 0.350. The van der Waals surface area contributed by atoms with Crippen LogP contribution in [0, 0.1) is 6.92 Å². The van der Waals surface area contributed by atoms with Gasteiger partial charge in [0, 0.05) is 24.3 Å². The van der Waals surface area contributed by atoms with Gasteiger partial charge in [-0.05, 0) is 61.6 Å². The van der Waals surface area contributed by atoms with Gasteiger partial charge in [-0.25, -0.2) is 8.42 Å². The van der Waals surface area contributed by atoms with Crippen LogP contribution in [0.4, 0.5) is 11.4 Å². The maximum atomic E-state index is 13.1. The molecule has 136 valence electrons. The summed E-state index contributed by atoms with van der Waals surface area (Å²) in [6.45, 7) is 3.22. The SMILES string of the molecule is Cc1ccc2c(c1)CCCN2C(=O)c1ccc2c(c1)CCN2S(C)(=O)=O. The first-order chi connectivity index (χ1) is 12.3. The van der Waals surface area contributed by atoms with Gasteiger partial charge in [0.15, 0.2) is 0 Å². The van der Waals surface area contributed by atoms with Crippen molar-refractivity contribution in [3.8, 4) is 0 Å². The molecular formula is C20H22N2O3S. The van der Waals surface area contributed by atoms with Crippen molar-refractivity contribution in [1.82, 2.24) is 0 Å². The van der Waals surface area contributed by atoms with Crippen LogP contribution in [0.5, 0.6) is 0 Å². The predicted octanol–water partition coefficient (Wildman–Crippen LogP) is 2.91. The van der Waals surface area contributed by atoms with Crippen molar-refractivity contribution in [2.24, 2.45) is 0 Å². The Balaban J connectivity index is 1.67. The molecule has 0 spiro atoms. The summed E-state index contributed by atoms with van der Waals surface area (Å²) in [6.07, 6.45) is 3.80. The van der Waals surface area contributed by atoms with Crippen LogP contribution in [0.1, 0.15) is 33.5 Å². The molecule has 2 aliphatic rings. The van der Waals surface area contributed by atoms with E-state index in [1.54, 1.807) is 12.1 Å². The van der Waals surface area contributed by atoms with E-state index in [9.17, 15) is 13.2 Å². The second-order valence-electron chi connectivity index (χ2n) is 7.12. The number of hydrogen-bond donors (Lipinski definition) is 0. The van der Waals surface area contributed by atoms with Crippen molar-refractivity contribution in [1.29, 1.82) is 0 Å². The maximum Gasteiger partial charge on any atom is 0.258 e.